The minimum absolute atomic E-state index is 0.202. The number of ether oxygens (including phenoxy) is 3. The maximum Gasteiger partial charge on any atom is 0.258 e. The van der Waals surface area contributed by atoms with Gasteiger partial charge in [-0.15, -0.1) is 0 Å². The normalized spacial score (nSPS) is 14.0. The summed E-state index contributed by atoms with van der Waals surface area (Å²) in [4.78, 5) is 11.4. The molecule has 1 heterocycles. The van der Waals surface area contributed by atoms with Crippen molar-refractivity contribution in [1.29, 1.82) is 0 Å². The summed E-state index contributed by atoms with van der Waals surface area (Å²) in [6.45, 7) is 5.70. The van der Waals surface area contributed by atoms with Crippen LogP contribution < -0.4 is 25.3 Å². The lowest BCUT2D eigenvalue weighted by Crippen LogP contribution is -2.33. The fraction of sp³-hybridized carbons (Fsp3) is 0.533. The second-order valence-corrected chi connectivity index (χ2v) is 4.91. The van der Waals surface area contributed by atoms with Gasteiger partial charge in [0.05, 0.1) is 0 Å². The fourth-order valence-corrected chi connectivity index (χ4v) is 2.11. The molecule has 1 aliphatic rings. The quantitative estimate of drug-likeness (QED) is 0.711. The molecule has 6 heteroatoms. The lowest BCUT2D eigenvalue weighted by Gasteiger charge is -2.18. The second kappa shape index (κ2) is 7.17. The van der Waals surface area contributed by atoms with Gasteiger partial charge in [0.1, 0.15) is 5.75 Å². The predicted octanol–water partition coefficient (Wildman–Crippen LogP) is 1.56. The lowest BCUT2D eigenvalue weighted by atomic mass is 10.1. The Morgan fingerprint density at radius 1 is 1.38 bits per heavy atom. The summed E-state index contributed by atoms with van der Waals surface area (Å²) in [7, 11) is 0. The molecule has 0 aromatic heterocycles. The molecule has 0 radical (unpaired) electrons. The van der Waals surface area contributed by atoms with Gasteiger partial charge in [0, 0.05) is 18.2 Å². The molecule has 0 aliphatic carbocycles. The molecule has 1 unspecified atom stereocenters. The standard InChI is InChI=1S/C15H22N2O4/c1-3-5-17-8-10-6-13-14(20-9-19-13)7-12(10)21-11(4-2)15(16)18/h6-7,11,17H,3-5,8-9H2,1-2H3,(H2,16,18). The Kier molecular flexibility index (Phi) is 5.27. The van der Waals surface area contributed by atoms with Crippen LogP contribution >= 0.6 is 0 Å². The maximum atomic E-state index is 11.4. The van der Waals surface area contributed by atoms with E-state index in [1.165, 1.54) is 0 Å². The molecule has 21 heavy (non-hydrogen) atoms. The molecule has 0 bridgehead atoms. The third-order valence-corrected chi connectivity index (χ3v) is 3.26. The van der Waals surface area contributed by atoms with Crippen LogP contribution in [0, 0.1) is 0 Å². The van der Waals surface area contributed by atoms with Crippen molar-refractivity contribution in [2.45, 2.75) is 39.3 Å². The van der Waals surface area contributed by atoms with Gasteiger partial charge in [0.15, 0.2) is 17.6 Å². The topological polar surface area (TPSA) is 82.8 Å². The lowest BCUT2D eigenvalue weighted by molar-refractivity contribution is -0.124. The van der Waals surface area contributed by atoms with Gasteiger partial charge in [0.2, 0.25) is 6.79 Å². The number of nitrogens with two attached hydrogens (primary N) is 1. The SMILES string of the molecule is CCCNCc1cc2c(cc1OC(CC)C(N)=O)OCO2. The highest BCUT2D eigenvalue weighted by Crippen LogP contribution is 2.38. The van der Waals surface area contributed by atoms with E-state index in [2.05, 4.69) is 12.2 Å². The minimum Gasteiger partial charge on any atom is -0.480 e. The molecular weight excluding hydrogens is 272 g/mol. The highest BCUT2D eigenvalue weighted by Gasteiger charge is 2.21. The van der Waals surface area contributed by atoms with E-state index >= 15 is 0 Å². The molecule has 1 aliphatic heterocycles. The summed E-state index contributed by atoms with van der Waals surface area (Å²) in [6, 6.07) is 3.64. The van der Waals surface area contributed by atoms with E-state index in [1.54, 1.807) is 6.07 Å². The number of amides is 1. The van der Waals surface area contributed by atoms with Gasteiger partial charge in [-0.25, -0.2) is 0 Å². The van der Waals surface area contributed by atoms with Crippen molar-refractivity contribution in [3.63, 3.8) is 0 Å². The number of benzene rings is 1. The van der Waals surface area contributed by atoms with Crippen molar-refractivity contribution in [3.05, 3.63) is 17.7 Å². The molecule has 3 N–H and O–H groups in total. The van der Waals surface area contributed by atoms with E-state index in [-0.39, 0.29) is 6.79 Å². The average molecular weight is 294 g/mol. The summed E-state index contributed by atoms with van der Waals surface area (Å²) in [6.07, 6.45) is 0.917. The Labute approximate surface area is 124 Å². The molecule has 1 aromatic rings. The van der Waals surface area contributed by atoms with Crippen LogP contribution in [0.1, 0.15) is 32.3 Å². The first-order valence-corrected chi connectivity index (χ1v) is 7.24. The average Bonchev–Trinajstić information content (AvgIpc) is 2.91. The first-order valence-electron chi connectivity index (χ1n) is 7.24. The van der Waals surface area contributed by atoms with Gasteiger partial charge < -0.3 is 25.3 Å². The Morgan fingerprint density at radius 3 is 2.71 bits per heavy atom. The Bertz CT molecular complexity index is 505. The number of fused-ring (bicyclic) bond motifs is 1. The molecular formula is C15H22N2O4. The summed E-state index contributed by atoms with van der Waals surface area (Å²) in [5.74, 6) is 1.46. The van der Waals surface area contributed by atoms with Crippen LogP contribution in [0.25, 0.3) is 0 Å². The van der Waals surface area contributed by atoms with Crippen molar-refractivity contribution in [2.75, 3.05) is 13.3 Å². The van der Waals surface area contributed by atoms with E-state index in [1.807, 2.05) is 13.0 Å². The van der Waals surface area contributed by atoms with Crippen LogP contribution in [-0.4, -0.2) is 25.3 Å². The monoisotopic (exact) mass is 294 g/mol. The van der Waals surface area contributed by atoms with Crippen molar-refractivity contribution < 1.29 is 19.0 Å². The van der Waals surface area contributed by atoms with E-state index in [0.717, 1.165) is 18.5 Å². The van der Waals surface area contributed by atoms with Crippen molar-refractivity contribution >= 4 is 5.91 Å². The van der Waals surface area contributed by atoms with Crippen LogP contribution in [0.5, 0.6) is 17.2 Å². The molecule has 2 rings (SSSR count). The zero-order chi connectivity index (χ0) is 15.2. The van der Waals surface area contributed by atoms with Crippen molar-refractivity contribution in [3.8, 4) is 17.2 Å². The second-order valence-electron chi connectivity index (χ2n) is 4.91. The first-order chi connectivity index (χ1) is 10.2. The molecule has 0 saturated carbocycles. The number of hydrogen-bond acceptors (Lipinski definition) is 5. The highest BCUT2D eigenvalue weighted by atomic mass is 16.7. The number of primary amides is 1. The first kappa shape index (κ1) is 15.4. The summed E-state index contributed by atoms with van der Waals surface area (Å²) >= 11 is 0. The zero-order valence-corrected chi connectivity index (χ0v) is 12.5. The van der Waals surface area contributed by atoms with E-state index in [0.29, 0.717) is 30.2 Å². The molecule has 0 spiro atoms. The Balaban J connectivity index is 2.21. The number of nitrogens with one attached hydrogen (secondary N) is 1. The minimum atomic E-state index is -0.643. The number of hydrogen-bond donors (Lipinski definition) is 2. The zero-order valence-electron chi connectivity index (χ0n) is 12.5. The number of carbonyl (C=O) groups is 1. The number of carbonyl (C=O) groups excluding carboxylic acids is 1. The van der Waals surface area contributed by atoms with Crippen LogP contribution in [0.15, 0.2) is 12.1 Å². The van der Waals surface area contributed by atoms with Crippen molar-refractivity contribution in [1.82, 2.24) is 5.32 Å². The van der Waals surface area contributed by atoms with Crippen molar-refractivity contribution in [2.24, 2.45) is 5.73 Å². The van der Waals surface area contributed by atoms with Crippen LogP contribution in [0.4, 0.5) is 0 Å². The molecule has 6 nitrogen and oxygen atoms in total. The van der Waals surface area contributed by atoms with Crippen LogP contribution in [0.2, 0.25) is 0 Å². The Hall–Kier alpha value is -1.95. The third-order valence-electron chi connectivity index (χ3n) is 3.26. The molecule has 0 fully saturated rings. The van der Waals surface area contributed by atoms with Gasteiger partial charge in [-0.3, -0.25) is 4.79 Å². The molecule has 1 aromatic carbocycles. The fourth-order valence-electron chi connectivity index (χ4n) is 2.11. The Morgan fingerprint density at radius 2 is 2.10 bits per heavy atom. The van der Waals surface area contributed by atoms with Gasteiger partial charge in [-0.2, -0.15) is 0 Å². The number of rotatable bonds is 8. The van der Waals surface area contributed by atoms with E-state index < -0.39 is 12.0 Å². The van der Waals surface area contributed by atoms with Crippen LogP contribution in [0.3, 0.4) is 0 Å². The molecule has 0 saturated heterocycles. The third kappa shape index (κ3) is 3.78. The van der Waals surface area contributed by atoms with Gasteiger partial charge >= 0.3 is 0 Å². The summed E-state index contributed by atoms with van der Waals surface area (Å²) in [5.41, 5.74) is 6.27. The smallest absolute Gasteiger partial charge is 0.258 e. The van der Waals surface area contributed by atoms with Gasteiger partial charge in [-0.05, 0) is 25.5 Å². The molecule has 1 amide bonds. The molecule has 116 valence electrons. The highest BCUT2D eigenvalue weighted by molar-refractivity contribution is 5.79. The van der Waals surface area contributed by atoms with E-state index in [4.69, 9.17) is 19.9 Å². The summed E-state index contributed by atoms with van der Waals surface area (Å²) in [5, 5.41) is 3.31. The molecule has 1 atom stereocenters. The largest absolute Gasteiger partial charge is 0.480 e. The summed E-state index contributed by atoms with van der Waals surface area (Å²) < 4.78 is 16.5. The van der Waals surface area contributed by atoms with Gasteiger partial charge in [-0.1, -0.05) is 13.8 Å². The predicted molar refractivity (Wildman–Crippen MR) is 78.5 cm³/mol. The van der Waals surface area contributed by atoms with Crippen LogP contribution in [-0.2, 0) is 11.3 Å². The van der Waals surface area contributed by atoms with E-state index in [9.17, 15) is 4.79 Å². The maximum absolute atomic E-state index is 11.4. The van der Waals surface area contributed by atoms with Gasteiger partial charge in [0.25, 0.3) is 5.91 Å².